The van der Waals surface area contributed by atoms with Crippen molar-refractivity contribution in [2.45, 2.75) is 6.92 Å². The topological polar surface area (TPSA) is 68.5 Å². The monoisotopic (exact) mass is 341 g/mol. The molecule has 0 aliphatic rings. The van der Waals surface area contributed by atoms with Crippen molar-refractivity contribution >= 4 is 17.6 Å². The molecule has 25 heavy (non-hydrogen) atoms. The Balaban J connectivity index is 2.40. The summed E-state index contributed by atoms with van der Waals surface area (Å²) < 4.78 is 29.1. The van der Waals surface area contributed by atoms with Crippen molar-refractivity contribution < 1.29 is 23.4 Å². The highest BCUT2D eigenvalue weighted by Crippen LogP contribution is 2.30. The first-order valence-electron chi connectivity index (χ1n) is 7.30. The standard InChI is InChI=1S/C19H16FNO4/c1-12(22)25-17-7-5-14(10-16(17)20)15(11-21)8-13-4-6-18(23-2)19(9-13)24-3/h4-10H,1-3H3. The van der Waals surface area contributed by atoms with Crippen LogP contribution in [0.15, 0.2) is 36.4 Å². The van der Waals surface area contributed by atoms with Crippen LogP contribution in [0.1, 0.15) is 18.1 Å². The van der Waals surface area contributed by atoms with Crippen molar-refractivity contribution in [1.82, 2.24) is 0 Å². The van der Waals surface area contributed by atoms with E-state index in [1.165, 1.54) is 33.3 Å². The molecule has 0 aliphatic carbocycles. The molecule has 2 aromatic carbocycles. The fraction of sp³-hybridized carbons (Fsp3) is 0.158. The number of nitriles is 1. The smallest absolute Gasteiger partial charge is 0.308 e. The Bertz CT molecular complexity index is 868. The number of methoxy groups -OCH3 is 2. The maximum Gasteiger partial charge on any atom is 0.308 e. The van der Waals surface area contributed by atoms with E-state index < -0.39 is 11.8 Å². The van der Waals surface area contributed by atoms with Gasteiger partial charge in [-0.3, -0.25) is 4.79 Å². The van der Waals surface area contributed by atoms with Gasteiger partial charge in [-0.25, -0.2) is 4.39 Å². The lowest BCUT2D eigenvalue weighted by Crippen LogP contribution is -2.03. The zero-order valence-corrected chi connectivity index (χ0v) is 14.0. The molecule has 0 aliphatic heterocycles. The van der Waals surface area contributed by atoms with E-state index in [9.17, 15) is 14.4 Å². The number of hydrogen-bond donors (Lipinski definition) is 0. The highest BCUT2D eigenvalue weighted by atomic mass is 19.1. The second kappa shape index (κ2) is 7.97. The van der Waals surface area contributed by atoms with Crippen molar-refractivity contribution in [3.05, 3.63) is 53.3 Å². The van der Waals surface area contributed by atoms with Crippen LogP contribution in [0.3, 0.4) is 0 Å². The van der Waals surface area contributed by atoms with Gasteiger partial charge in [0.25, 0.3) is 0 Å². The lowest BCUT2D eigenvalue weighted by atomic mass is 10.0. The summed E-state index contributed by atoms with van der Waals surface area (Å²) in [7, 11) is 3.04. The Morgan fingerprint density at radius 2 is 1.76 bits per heavy atom. The molecule has 0 saturated heterocycles. The third-order valence-corrected chi connectivity index (χ3v) is 3.34. The second-order valence-corrected chi connectivity index (χ2v) is 5.02. The van der Waals surface area contributed by atoms with E-state index in [1.54, 1.807) is 24.3 Å². The molecule has 0 radical (unpaired) electrons. The van der Waals surface area contributed by atoms with Gasteiger partial charge in [0.15, 0.2) is 23.1 Å². The van der Waals surface area contributed by atoms with Gasteiger partial charge >= 0.3 is 5.97 Å². The van der Waals surface area contributed by atoms with Crippen molar-refractivity contribution in [3.63, 3.8) is 0 Å². The summed E-state index contributed by atoms with van der Waals surface area (Å²) in [6.07, 6.45) is 1.60. The summed E-state index contributed by atoms with van der Waals surface area (Å²) in [5.41, 5.74) is 1.31. The van der Waals surface area contributed by atoms with Crippen LogP contribution in [0.25, 0.3) is 11.6 Å². The van der Waals surface area contributed by atoms with Gasteiger partial charge in [-0.15, -0.1) is 0 Å². The predicted molar refractivity (Wildman–Crippen MR) is 90.7 cm³/mol. The van der Waals surface area contributed by atoms with Crippen molar-refractivity contribution in [2.24, 2.45) is 0 Å². The van der Waals surface area contributed by atoms with Crippen LogP contribution in [0.4, 0.5) is 4.39 Å². The Morgan fingerprint density at radius 1 is 1.08 bits per heavy atom. The fourth-order valence-corrected chi connectivity index (χ4v) is 2.20. The van der Waals surface area contributed by atoms with Crippen LogP contribution in [0.5, 0.6) is 17.2 Å². The first-order valence-corrected chi connectivity index (χ1v) is 7.30. The number of rotatable bonds is 5. The first-order chi connectivity index (χ1) is 12.0. The van der Waals surface area contributed by atoms with Gasteiger partial charge in [-0.1, -0.05) is 6.07 Å². The number of esters is 1. The predicted octanol–water partition coefficient (Wildman–Crippen LogP) is 3.83. The molecule has 0 saturated carbocycles. The van der Waals surface area contributed by atoms with E-state index in [0.29, 0.717) is 22.6 Å². The van der Waals surface area contributed by atoms with E-state index in [1.807, 2.05) is 6.07 Å². The zero-order chi connectivity index (χ0) is 18.4. The average molecular weight is 341 g/mol. The molecule has 0 atom stereocenters. The quantitative estimate of drug-likeness (QED) is 0.358. The minimum absolute atomic E-state index is 0.181. The van der Waals surface area contributed by atoms with Crippen molar-refractivity contribution in [3.8, 4) is 23.3 Å². The minimum Gasteiger partial charge on any atom is -0.493 e. The summed E-state index contributed by atoms with van der Waals surface area (Å²) in [4.78, 5) is 10.9. The largest absolute Gasteiger partial charge is 0.493 e. The lowest BCUT2D eigenvalue weighted by molar-refractivity contribution is -0.132. The van der Waals surface area contributed by atoms with Crippen LogP contribution in [-0.2, 0) is 4.79 Å². The normalized spacial score (nSPS) is 10.8. The third kappa shape index (κ3) is 4.36. The number of carbonyl (C=O) groups is 1. The van der Waals surface area contributed by atoms with Crippen LogP contribution < -0.4 is 14.2 Å². The molecule has 5 nitrogen and oxygen atoms in total. The number of ether oxygens (including phenoxy) is 3. The van der Waals surface area contributed by atoms with E-state index >= 15 is 0 Å². The number of carbonyl (C=O) groups excluding carboxylic acids is 1. The molecule has 0 amide bonds. The number of nitrogens with zero attached hydrogens (tertiary/aromatic N) is 1. The van der Waals surface area contributed by atoms with Crippen LogP contribution in [0.2, 0.25) is 0 Å². The van der Waals surface area contributed by atoms with Gasteiger partial charge in [0.05, 0.1) is 25.9 Å². The van der Waals surface area contributed by atoms with E-state index in [4.69, 9.17) is 14.2 Å². The lowest BCUT2D eigenvalue weighted by Gasteiger charge is -2.08. The number of hydrogen-bond acceptors (Lipinski definition) is 5. The second-order valence-electron chi connectivity index (χ2n) is 5.02. The maximum absolute atomic E-state index is 14.0. The van der Waals surface area contributed by atoms with Crippen LogP contribution in [0, 0.1) is 17.1 Å². The summed E-state index contributed by atoms with van der Waals surface area (Å²) in [6.45, 7) is 1.19. The molecule has 0 spiro atoms. The molecule has 0 N–H and O–H groups in total. The van der Waals surface area contributed by atoms with E-state index in [-0.39, 0.29) is 11.3 Å². The van der Waals surface area contributed by atoms with Crippen molar-refractivity contribution in [1.29, 1.82) is 5.26 Å². The average Bonchev–Trinajstić information content (AvgIpc) is 2.60. The van der Waals surface area contributed by atoms with E-state index in [0.717, 1.165) is 6.07 Å². The summed E-state index contributed by atoms with van der Waals surface area (Å²) in [6, 6.07) is 11.2. The molecule has 2 rings (SSSR count). The van der Waals surface area contributed by atoms with Crippen LogP contribution >= 0.6 is 0 Å². The van der Waals surface area contributed by atoms with Gasteiger partial charge in [-0.05, 0) is 47.5 Å². The van der Waals surface area contributed by atoms with Gasteiger partial charge in [0, 0.05) is 6.92 Å². The number of benzene rings is 2. The molecule has 0 heterocycles. The number of allylic oxidation sites excluding steroid dienone is 1. The maximum atomic E-state index is 14.0. The molecule has 0 fully saturated rings. The molecular weight excluding hydrogens is 325 g/mol. The summed E-state index contributed by atoms with van der Waals surface area (Å²) >= 11 is 0. The van der Waals surface area contributed by atoms with Crippen LogP contribution in [-0.4, -0.2) is 20.2 Å². The number of halogens is 1. The molecule has 0 unspecified atom stereocenters. The van der Waals surface area contributed by atoms with Gasteiger partial charge in [0.2, 0.25) is 0 Å². The third-order valence-electron chi connectivity index (χ3n) is 3.34. The SMILES string of the molecule is COc1ccc(C=C(C#N)c2ccc(OC(C)=O)c(F)c2)cc1OC. The highest BCUT2D eigenvalue weighted by Gasteiger charge is 2.10. The summed E-state index contributed by atoms with van der Waals surface area (Å²) in [5.74, 6) is -0.436. The molecule has 128 valence electrons. The van der Waals surface area contributed by atoms with Gasteiger partial charge in [-0.2, -0.15) is 5.26 Å². The molecule has 0 aromatic heterocycles. The Labute approximate surface area is 144 Å². The molecule has 0 bridgehead atoms. The van der Waals surface area contributed by atoms with E-state index in [2.05, 4.69) is 0 Å². The van der Waals surface area contributed by atoms with Crippen molar-refractivity contribution in [2.75, 3.05) is 14.2 Å². The fourth-order valence-electron chi connectivity index (χ4n) is 2.20. The molecular formula is C19H16FNO4. The molecule has 2 aromatic rings. The Kier molecular flexibility index (Phi) is 5.75. The first kappa shape index (κ1) is 18.0. The zero-order valence-electron chi connectivity index (χ0n) is 14.0. The minimum atomic E-state index is -0.721. The van der Waals surface area contributed by atoms with Gasteiger partial charge in [0.1, 0.15) is 0 Å². The molecule has 6 heteroatoms. The highest BCUT2D eigenvalue weighted by molar-refractivity contribution is 5.90. The summed E-state index contributed by atoms with van der Waals surface area (Å²) in [5, 5.41) is 9.39. The van der Waals surface area contributed by atoms with Gasteiger partial charge < -0.3 is 14.2 Å². The Hall–Kier alpha value is -3.33. The Morgan fingerprint density at radius 3 is 2.32 bits per heavy atom.